The maximum absolute atomic E-state index is 12.0. The lowest BCUT2D eigenvalue weighted by Crippen LogP contribution is -2.13. The molecule has 0 atom stereocenters. The highest BCUT2D eigenvalue weighted by molar-refractivity contribution is 9.10. The second kappa shape index (κ2) is 5.93. The molecule has 0 aliphatic carbocycles. The number of non-ortho nitro benzene ring substituents is 1. The summed E-state index contributed by atoms with van der Waals surface area (Å²) in [4.78, 5) is 29.8. The van der Waals surface area contributed by atoms with E-state index in [-0.39, 0.29) is 22.2 Å². The molecule has 0 unspecified atom stereocenters. The van der Waals surface area contributed by atoms with E-state index < -0.39 is 10.8 Å². The molecule has 2 aromatic rings. The van der Waals surface area contributed by atoms with Crippen LogP contribution in [-0.4, -0.2) is 20.8 Å². The number of carbonyl (C=O) groups excluding carboxylic acids is 1. The van der Waals surface area contributed by atoms with Gasteiger partial charge in [0.25, 0.3) is 11.6 Å². The first-order chi connectivity index (χ1) is 9.45. The van der Waals surface area contributed by atoms with Crippen molar-refractivity contribution in [1.82, 2.24) is 9.97 Å². The Balaban J connectivity index is 2.27. The third-order valence-corrected chi connectivity index (χ3v) is 2.84. The van der Waals surface area contributed by atoms with Crippen molar-refractivity contribution in [2.45, 2.75) is 0 Å². The van der Waals surface area contributed by atoms with Gasteiger partial charge in [0.2, 0.25) is 0 Å². The van der Waals surface area contributed by atoms with Crippen molar-refractivity contribution >= 4 is 44.9 Å². The second-order valence-corrected chi connectivity index (χ2v) is 4.94. The van der Waals surface area contributed by atoms with Gasteiger partial charge in [0.15, 0.2) is 5.82 Å². The zero-order chi connectivity index (χ0) is 14.7. The highest BCUT2D eigenvalue weighted by atomic mass is 79.9. The Hall–Kier alpha value is -2.06. The van der Waals surface area contributed by atoms with Gasteiger partial charge in [-0.05, 0) is 6.07 Å². The Labute approximate surface area is 126 Å². The van der Waals surface area contributed by atoms with Crippen molar-refractivity contribution in [3.63, 3.8) is 0 Å². The highest BCUT2D eigenvalue weighted by Crippen LogP contribution is 2.22. The molecule has 2 rings (SSSR count). The molecule has 0 bridgehead atoms. The monoisotopic (exact) mass is 356 g/mol. The topological polar surface area (TPSA) is 98.0 Å². The van der Waals surface area contributed by atoms with Crippen LogP contribution < -0.4 is 5.32 Å². The molecule has 1 aromatic heterocycles. The Morgan fingerprint density at radius 1 is 1.35 bits per heavy atom. The number of nitrogens with zero attached hydrogens (tertiary/aromatic N) is 3. The fourth-order valence-corrected chi connectivity index (χ4v) is 2.03. The number of rotatable bonds is 3. The van der Waals surface area contributed by atoms with Crippen LogP contribution in [0, 0.1) is 10.1 Å². The summed E-state index contributed by atoms with van der Waals surface area (Å²) in [6, 6.07) is 3.92. The smallest absolute Gasteiger partial charge is 0.271 e. The fourth-order valence-electron chi connectivity index (χ4n) is 1.40. The number of nitrogens with one attached hydrogen (secondary N) is 1. The van der Waals surface area contributed by atoms with E-state index in [2.05, 4.69) is 31.2 Å². The fraction of sp³-hybridized carbons (Fsp3) is 0. The van der Waals surface area contributed by atoms with Crippen LogP contribution in [-0.2, 0) is 0 Å². The maximum atomic E-state index is 12.0. The number of aromatic nitrogens is 2. The van der Waals surface area contributed by atoms with Crippen molar-refractivity contribution in [2.24, 2.45) is 0 Å². The van der Waals surface area contributed by atoms with Gasteiger partial charge < -0.3 is 5.32 Å². The molecule has 102 valence electrons. The third kappa shape index (κ3) is 3.49. The van der Waals surface area contributed by atoms with Crippen LogP contribution in [0.3, 0.4) is 0 Å². The van der Waals surface area contributed by atoms with Crippen LogP contribution in [0.15, 0.2) is 35.1 Å². The molecule has 0 saturated heterocycles. The van der Waals surface area contributed by atoms with Gasteiger partial charge in [0.05, 0.1) is 17.3 Å². The van der Waals surface area contributed by atoms with Gasteiger partial charge >= 0.3 is 0 Å². The largest absolute Gasteiger partial charge is 0.305 e. The van der Waals surface area contributed by atoms with Crippen molar-refractivity contribution < 1.29 is 9.72 Å². The first-order valence-electron chi connectivity index (χ1n) is 5.19. The van der Waals surface area contributed by atoms with Gasteiger partial charge in [-0.15, -0.1) is 0 Å². The lowest BCUT2D eigenvalue weighted by molar-refractivity contribution is -0.384. The number of anilines is 1. The molecule has 7 nitrogen and oxygen atoms in total. The van der Waals surface area contributed by atoms with Crippen molar-refractivity contribution in [1.29, 1.82) is 0 Å². The normalized spacial score (nSPS) is 10.1. The Kier molecular flexibility index (Phi) is 4.26. The van der Waals surface area contributed by atoms with Gasteiger partial charge in [-0.25, -0.2) is 4.98 Å². The molecule has 0 aliphatic heterocycles. The van der Waals surface area contributed by atoms with Crippen molar-refractivity contribution in [3.8, 4) is 0 Å². The Bertz CT molecular complexity index is 695. The van der Waals surface area contributed by atoms with E-state index in [0.717, 1.165) is 6.07 Å². The summed E-state index contributed by atoms with van der Waals surface area (Å²) in [5.41, 5.74) is -0.0745. The molecule has 9 heteroatoms. The predicted octanol–water partition coefficient (Wildman–Crippen LogP) is 3.05. The zero-order valence-corrected chi connectivity index (χ0v) is 12.1. The maximum Gasteiger partial charge on any atom is 0.271 e. The van der Waals surface area contributed by atoms with Crippen LogP contribution in [0.25, 0.3) is 0 Å². The molecule has 1 amide bonds. The number of nitro benzene ring substituents is 1. The second-order valence-electron chi connectivity index (χ2n) is 3.64. The van der Waals surface area contributed by atoms with E-state index in [9.17, 15) is 14.9 Å². The minimum Gasteiger partial charge on any atom is -0.305 e. The van der Waals surface area contributed by atoms with E-state index in [1.165, 1.54) is 24.5 Å². The minimum absolute atomic E-state index is 0.118. The first kappa shape index (κ1) is 14.4. The molecule has 0 fully saturated rings. The average Bonchev–Trinajstić information content (AvgIpc) is 2.37. The van der Waals surface area contributed by atoms with E-state index in [4.69, 9.17) is 11.6 Å². The molecule has 1 aromatic carbocycles. The van der Waals surface area contributed by atoms with Gasteiger partial charge in [-0.1, -0.05) is 27.5 Å². The first-order valence-corrected chi connectivity index (χ1v) is 6.36. The molecule has 20 heavy (non-hydrogen) atoms. The number of halogens is 2. The number of benzene rings is 1. The molecule has 0 radical (unpaired) electrons. The van der Waals surface area contributed by atoms with Gasteiger partial charge in [0.1, 0.15) is 5.15 Å². The zero-order valence-electron chi connectivity index (χ0n) is 9.71. The summed E-state index contributed by atoms with van der Waals surface area (Å²) < 4.78 is 0.425. The summed E-state index contributed by atoms with van der Waals surface area (Å²) in [6.07, 6.45) is 2.64. The summed E-state index contributed by atoms with van der Waals surface area (Å²) in [5, 5.41) is 13.3. The highest BCUT2D eigenvalue weighted by Gasteiger charge is 2.14. The number of amides is 1. The van der Waals surface area contributed by atoms with E-state index >= 15 is 0 Å². The standard InChI is InChI=1S/C11H6BrClN4O3/c12-7-1-6(2-8(3-7)17(19)20)11(18)16-10-5-14-4-9(13)15-10/h1-5H,(H,15,16,18). The summed E-state index contributed by atoms with van der Waals surface area (Å²) in [7, 11) is 0. The van der Waals surface area contributed by atoms with Crippen LogP contribution >= 0.6 is 27.5 Å². The number of hydrogen-bond acceptors (Lipinski definition) is 5. The quantitative estimate of drug-likeness (QED) is 0.672. The van der Waals surface area contributed by atoms with E-state index in [1.54, 1.807) is 0 Å². The predicted molar refractivity (Wildman–Crippen MR) is 75.8 cm³/mol. The molecule has 0 spiro atoms. The summed E-state index contributed by atoms with van der Waals surface area (Å²) in [5.74, 6) is -0.393. The van der Waals surface area contributed by atoms with Crippen LogP contribution in [0.1, 0.15) is 10.4 Å². The molecule has 0 saturated carbocycles. The molecule has 1 heterocycles. The average molecular weight is 358 g/mol. The lowest BCUT2D eigenvalue weighted by atomic mass is 10.2. The Morgan fingerprint density at radius 2 is 2.10 bits per heavy atom. The van der Waals surface area contributed by atoms with Crippen molar-refractivity contribution in [2.75, 3.05) is 5.32 Å². The number of hydrogen-bond donors (Lipinski definition) is 1. The SMILES string of the molecule is O=C(Nc1cncc(Cl)n1)c1cc(Br)cc([N+](=O)[O-])c1. The van der Waals surface area contributed by atoms with E-state index in [1.807, 2.05) is 0 Å². The lowest BCUT2D eigenvalue weighted by Gasteiger charge is -2.04. The minimum atomic E-state index is -0.583. The molecule has 0 aliphatic rings. The van der Waals surface area contributed by atoms with Gasteiger partial charge in [0, 0.05) is 22.2 Å². The number of carbonyl (C=O) groups is 1. The van der Waals surface area contributed by atoms with Gasteiger partial charge in [-0.2, -0.15) is 0 Å². The van der Waals surface area contributed by atoms with E-state index in [0.29, 0.717) is 4.47 Å². The van der Waals surface area contributed by atoms with Crippen molar-refractivity contribution in [3.05, 3.63) is 55.9 Å². The summed E-state index contributed by atoms with van der Waals surface area (Å²) >= 11 is 8.76. The van der Waals surface area contributed by atoms with Crippen LogP contribution in [0.2, 0.25) is 5.15 Å². The van der Waals surface area contributed by atoms with Gasteiger partial charge in [-0.3, -0.25) is 19.9 Å². The molecular formula is C11H6BrClN4O3. The Morgan fingerprint density at radius 3 is 2.75 bits per heavy atom. The number of nitro groups is 1. The molecule has 1 N–H and O–H groups in total. The summed E-state index contributed by atoms with van der Waals surface area (Å²) in [6.45, 7) is 0. The third-order valence-electron chi connectivity index (χ3n) is 2.20. The molecular weight excluding hydrogens is 352 g/mol. The van der Waals surface area contributed by atoms with Crippen LogP contribution in [0.5, 0.6) is 0 Å². The van der Waals surface area contributed by atoms with Crippen LogP contribution in [0.4, 0.5) is 11.5 Å².